The van der Waals surface area contributed by atoms with Gasteiger partial charge >= 0.3 is 0 Å². The van der Waals surface area contributed by atoms with Crippen LogP contribution in [0.1, 0.15) is 157 Å². The Labute approximate surface area is 188 Å². The van der Waals surface area contributed by atoms with Crippen LogP contribution in [0.15, 0.2) is 0 Å². The Balaban J connectivity index is 3.33. The standard InChI is InChI=1S/C27H51N3/c1-10-13-16-19-25(4,5)22-28-23(26(6,7)20-17-14-11-2)30-24(29-22)27(8,9)21-18-15-12-3/h10-21H2,1-9H3. The number of hydrogen-bond acceptors (Lipinski definition) is 3. The zero-order valence-corrected chi connectivity index (χ0v) is 21.8. The Morgan fingerprint density at radius 2 is 0.667 bits per heavy atom. The topological polar surface area (TPSA) is 38.7 Å². The number of hydrogen-bond donors (Lipinski definition) is 0. The van der Waals surface area contributed by atoms with E-state index in [0.29, 0.717) is 0 Å². The van der Waals surface area contributed by atoms with Crippen molar-refractivity contribution in [3.63, 3.8) is 0 Å². The van der Waals surface area contributed by atoms with E-state index in [2.05, 4.69) is 62.3 Å². The van der Waals surface area contributed by atoms with Crippen LogP contribution in [0, 0.1) is 0 Å². The van der Waals surface area contributed by atoms with Crippen molar-refractivity contribution in [3.8, 4) is 0 Å². The molecule has 0 spiro atoms. The molecule has 0 unspecified atom stereocenters. The third kappa shape index (κ3) is 8.27. The molecule has 3 nitrogen and oxygen atoms in total. The third-order valence-electron chi connectivity index (χ3n) is 6.67. The Hall–Kier alpha value is -0.990. The molecule has 1 rings (SSSR count). The van der Waals surface area contributed by atoms with Gasteiger partial charge in [0, 0.05) is 16.2 Å². The molecule has 0 aliphatic carbocycles. The van der Waals surface area contributed by atoms with Gasteiger partial charge in [-0.1, -0.05) is 120 Å². The molecule has 0 bridgehead atoms. The molecule has 0 aliphatic rings. The van der Waals surface area contributed by atoms with Gasteiger partial charge in [-0.2, -0.15) is 0 Å². The van der Waals surface area contributed by atoms with Crippen molar-refractivity contribution in [1.82, 2.24) is 15.0 Å². The van der Waals surface area contributed by atoms with Gasteiger partial charge in [0.25, 0.3) is 0 Å². The molecular weight excluding hydrogens is 366 g/mol. The molecule has 3 heteroatoms. The molecule has 30 heavy (non-hydrogen) atoms. The average molecular weight is 418 g/mol. The molecule has 0 fully saturated rings. The number of rotatable bonds is 15. The zero-order chi connectivity index (χ0) is 22.8. The zero-order valence-electron chi connectivity index (χ0n) is 21.8. The molecule has 174 valence electrons. The van der Waals surface area contributed by atoms with Crippen molar-refractivity contribution >= 4 is 0 Å². The van der Waals surface area contributed by atoms with Crippen LogP contribution < -0.4 is 0 Å². The van der Waals surface area contributed by atoms with Crippen LogP contribution in [0.4, 0.5) is 0 Å². The van der Waals surface area contributed by atoms with Crippen molar-refractivity contribution in [2.45, 2.75) is 156 Å². The SMILES string of the molecule is CCCCCC(C)(C)c1nc(C(C)(C)CCCCC)nc(C(C)(C)CCCCC)n1. The number of nitrogens with zero attached hydrogens (tertiary/aromatic N) is 3. The molecule has 0 N–H and O–H groups in total. The Kier molecular flexibility index (Phi) is 11.0. The lowest BCUT2D eigenvalue weighted by atomic mass is 9.82. The van der Waals surface area contributed by atoms with E-state index in [0.717, 1.165) is 36.7 Å². The van der Waals surface area contributed by atoms with Gasteiger partial charge in [-0.25, -0.2) is 15.0 Å². The normalized spacial score (nSPS) is 13.1. The molecule has 1 heterocycles. The molecule has 0 amide bonds. The fraction of sp³-hybridized carbons (Fsp3) is 0.889. The molecule has 0 atom stereocenters. The van der Waals surface area contributed by atoms with Crippen LogP contribution in [-0.2, 0) is 16.2 Å². The minimum atomic E-state index is -0.0133. The molecule has 0 aromatic carbocycles. The van der Waals surface area contributed by atoms with Crippen LogP contribution >= 0.6 is 0 Å². The molecule has 0 aliphatic heterocycles. The summed E-state index contributed by atoms with van der Waals surface area (Å²) in [5, 5.41) is 0. The minimum Gasteiger partial charge on any atom is -0.217 e. The first-order valence-corrected chi connectivity index (χ1v) is 12.8. The first-order valence-electron chi connectivity index (χ1n) is 12.8. The molecule has 0 radical (unpaired) electrons. The number of aromatic nitrogens is 3. The Morgan fingerprint density at radius 1 is 0.433 bits per heavy atom. The highest BCUT2D eigenvalue weighted by atomic mass is 15.1. The largest absolute Gasteiger partial charge is 0.217 e. The van der Waals surface area contributed by atoms with Gasteiger partial charge in [-0.05, 0) is 19.3 Å². The quantitative estimate of drug-likeness (QED) is 0.269. The van der Waals surface area contributed by atoms with E-state index in [4.69, 9.17) is 15.0 Å². The van der Waals surface area contributed by atoms with Gasteiger partial charge in [0.1, 0.15) is 17.5 Å². The number of unbranched alkanes of at least 4 members (excludes halogenated alkanes) is 6. The maximum Gasteiger partial charge on any atom is 0.138 e. The fourth-order valence-corrected chi connectivity index (χ4v) is 4.07. The van der Waals surface area contributed by atoms with E-state index in [1.807, 2.05) is 0 Å². The Morgan fingerprint density at radius 3 is 0.867 bits per heavy atom. The van der Waals surface area contributed by atoms with Crippen LogP contribution in [0.5, 0.6) is 0 Å². The first-order chi connectivity index (χ1) is 14.0. The van der Waals surface area contributed by atoms with Crippen molar-refractivity contribution in [2.24, 2.45) is 0 Å². The molecule has 0 saturated heterocycles. The van der Waals surface area contributed by atoms with E-state index in [1.165, 1.54) is 57.8 Å². The van der Waals surface area contributed by atoms with E-state index >= 15 is 0 Å². The lowest BCUT2D eigenvalue weighted by Gasteiger charge is -2.31. The molecular formula is C27H51N3. The summed E-state index contributed by atoms with van der Waals surface area (Å²) in [6.07, 6.45) is 14.7. The highest BCUT2D eigenvalue weighted by Gasteiger charge is 2.33. The first kappa shape index (κ1) is 27.0. The maximum atomic E-state index is 5.12. The van der Waals surface area contributed by atoms with E-state index in [1.54, 1.807) is 0 Å². The highest BCUT2D eigenvalue weighted by molar-refractivity contribution is 5.16. The molecule has 1 aromatic heterocycles. The second kappa shape index (κ2) is 12.2. The summed E-state index contributed by atoms with van der Waals surface area (Å²) in [6.45, 7) is 20.7. The summed E-state index contributed by atoms with van der Waals surface area (Å²) in [7, 11) is 0. The summed E-state index contributed by atoms with van der Waals surface area (Å²) in [4.78, 5) is 15.4. The van der Waals surface area contributed by atoms with E-state index in [9.17, 15) is 0 Å². The van der Waals surface area contributed by atoms with E-state index in [-0.39, 0.29) is 16.2 Å². The van der Waals surface area contributed by atoms with Crippen LogP contribution in [0.25, 0.3) is 0 Å². The second-order valence-corrected chi connectivity index (χ2v) is 11.3. The van der Waals surface area contributed by atoms with Crippen molar-refractivity contribution in [1.29, 1.82) is 0 Å². The average Bonchev–Trinajstić information content (AvgIpc) is 2.68. The summed E-state index contributed by atoms with van der Waals surface area (Å²) < 4.78 is 0. The monoisotopic (exact) mass is 417 g/mol. The lowest BCUT2D eigenvalue weighted by molar-refractivity contribution is 0.367. The van der Waals surface area contributed by atoms with Crippen molar-refractivity contribution < 1.29 is 0 Å². The lowest BCUT2D eigenvalue weighted by Crippen LogP contribution is -2.32. The van der Waals surface area contributed by atoms with Gasteiger partial charge in [0.2, 0.25) is 0 Å². The van der Waals surface area contributed by atoms with Crippen molar-refractivity contribution in [3.05, 3.63) is 17.5 Å². The van der Waals surface area contributed by atoms with Crippen LogP contribution in [0.2, 0.25) is 0 Å². The van der Waals surface area contributed by atoms with Crippen LogP contribution in [0.3, 0.4) is 0 Å². The second-order valence-electron chi connectivity index (χ2n) is 11.3. The van der Waals surface area contributed by atoms with Crippen molar-refractivity contribution in [2.75, 3.05) is 0 Å². The van der Waals surface area contributed by atoms with Gasteiger partial charge in [0.05, 0.1) is 0 Å². The summed E-state index contributed by atoms with van der Waals surface area (Å²) >= 11 is 0. The third-order valence-corrected chi connectivity index (χ3v) is 6.67. The van der Waals surface area contributed by atoms with Gasteiger partial charge < -0.3 is 0 Å². The smallest absolute Gasteiger partial charge is 0.138 e. The highest BCUT2D eigenvalue weighted by Crippen LogP contribution is 2.34. The van der Waals surface area contributed by atoms with Gasteiger partial charge in [0.15, 0.2) is 0 Å². The maximum absolute atomic E-state index is 5.12. The fourth-order valence-electron chi connectivity index (χ4n) is 4.07. The molecule has 1 aromatic rings. The van der Waals surface area contributed by atoms with Crippen LogP contribution in [-0.4, -0.2) is 15.0 Å². The predicted molar refractivity (Wildman–Crippen MR) is 131 cm³/mol. The van der Waals surface area contributed by atoms with Gasteiger partial charge in [-0.15, -0.1) is 0 Å². The van der Waals surface area contributed by atoms with Gasteiger partial charge in [-0.3, -0.25) is 0 Å². The predicted octanol–water partition coefficient (Wildman–Crippen LogP) is 8.45. The molecule has 0 saturated carbocycles. The summed E-state index contributed by atoms with van der Waals surface area (Å²) in [6, 6.07) is 0. The summed E-state index contributed by atoms with van der Waals surface area (Å²) in [5.41, 5.74) is -0.0399. The minimum absolute atomic E-state index is 0.0133. The summed E-state index contributed by atoms with van der Waals surface area (Å²) in [5.74, 6) is 3.02. The Bertz CT molecular complexity index is 519. The van der Waals surface area contributed by atoms with E-state index < -0.39 is 0 Å².